The molecule has 0 aliphatic carbocycles. The Hall–Kier alpha value is -1.74. The van der Waals surface area contributed by atoms with Gasteiger partial charge in [-0.15, -0.1) is 0 Å². The molecule has 0 unspecified atom stereocenters. The van der Waals surface area contributed by atoms with Crippen LogP contribution in [-0.4, -0.2) is 17.4 Å². The molecule has 0 radical (unpaired) electrons. The molecule has 7 nitrogen and oxygen atoms in total. The summed E-state index contributed by atoms with van der Waals surface area (Å²) >= 11 is 3.04. The number of carbonyl (C=O) groups is 1. The summed E-state index contributed by atoms with van der Waals surface area (Å²) in [6.45, 7) is 0.231. The van der Waals surface area contributed by atoms with Gasteiger partial charge in [0, 0.05) is 6.42 Å². The molecule has 116 valence electrons. The monoisotopic (exact) mass is 363 g/mol. The predicted molar refractivity (Wildman–Crippen MR) is 77.0 cm³/mol. The SMILES string of the molecule is NNC(=O)CCCCCOc1c(Br)cc(F)cc1[N+](=O)[O-]. The summed E-state index contributed by atoms with van der Waals surface area (Å²) in [6, 6.07) is 1.92. The molecule has 0 atom stereocenters. The molecule has 3 N–H and O–H groups in total. The second-order valence-corrected chi connectivity index (χ2v) is 5.07. The Morgan fingerprint density at radius 1 is 1.43 bits per heavy atom. The number of nitro benzene ring substituents is 1. The van der Waals surface area contributed by atoms with Gasteiger partial charge in [-0.1, -0.05) is 0 Å². The van der Waals surface area contributed by atoms with Gasteiger partial charge in [0.15, 0.2) is 0 Å². The van der Waals surface area contributed by atoms with E-state index in [2.05, 4.69) is 15.9 Å². The van der Waals surface area contributed by atoms with E-state index in [4.69, 9.17) is 10.6 Å². The van der Waals surface area contributed by atoms with Crippen LogP contribution in [0.4, 0.5) is 10.1 Å². The van der Waals surface area contributed by atoms with Crippen molar-refractivity contribution in [2.24, 2.45) is 5.84 Å². The van der Waals surface area contributed by atoms with Gasteiger partial charge in [-0.2, -0.15) is 0 Å². The first-order valence-corrected chi connectivity index (χ1v) is 7.00. The van der Waals surface area contributed by atoms with E-state index >= 15 is 0 Å². The number of rotatable bonds is 8. The quantitative estimate of drug-likeness (QED) is 0.242. The molecule has 1 aromatic carbocycles. The van der Waals surface area contributed by atoms with Crippen LogP contribution in [0.3, 0.4) is 0 Å². The minimum Gasteiger partial charge on any atom is -0.486 e. The highest BCUT2D eigenvalue weighted by molar-refractivity contribution is 9.10. The number of hydrazine groups is 1. The van der Waals surface area contributed by atoms with Crippen LogP contribution in [0, 0.1) is 15.9 Å². The molecule has 0 fully saturated rings. The topological polar surface area (TPSA) is 107 Å². The van der Waals surface area contributed by atoms with Crippen molar-refractivity contribution in [1.82, 2.24) is 5.43 Å². The summed E-state index contributed by atoms with van der Waals surface area (Å²) in [5, 5.41) is 10.9. The molecule has 0 saturated carbocycles. The Bertz CT molecular complexity index is 527. The number of unbranched alkanes of at least 4 members (excludes halogenated alkanes) is 2. The van der Waals surface area contributed by atoms with E-state index in [1.54, 1.807) is 0 Å². The van der Waals surface area contributed by atoms with Crippen molar-refractivity contribution in [3.8, 4) is 5.75 Å². The fourth-order valence-corrected chi connectivity index (χ4v) is 2.17. The van der Waals surface area contributed by atoms with Gasteiger partial charge in [0.1, 0.15) is 5.82 Å². The van der Waals surface area contributed by atoms with Crippen LogP contribution in [0.25, 0.3) is 0 Å². The number of hydrogen-bond acceptors (Lipinski definition) is 5. The molecule has 0 bridgehead atoms. The zero-order chi connectivity index (χ0) is 15.8. The minimum atomic E-state index is -0.714. The van der Waals surface area contributed by atoms with E-state index < -0.39 is 16.4 Å². The lowest BCUT2D eigenvalue weighted by atomic mass is 10.2. The van der Waals surface area contributed by atoms with E-state index in [9.17, 15) is 19.3 Å². The standard InChI is InChI=1S/C12H15BrFN3O4/c13-9-6-8(14)7-10(17(19)20)12(9)21-5-3-1-2-4-11(18)16-15/h6-7H,1-5,15H2,(H,16,18). The molecular weight excluding hydrogens is 349 g/mol. The lowest BCUT2D eigenvalue weighted by Crippen LogP contribution is -2.29. The van der Waals surface area contributed by atoms with Crippen molar-refractivity contribution in [3.63, 3.8) is 0 Å². The Labute approximate surface area is 128 Å². The van der Waals surface area contributed by atoms with Crippen molar-refractivity contribution in [1.29, 1.82) is 0 Å². The molecule has 0 aliphatic heterocycles. The molecule has 0 aromatic heterocycles. The van der Waals surface area contributed by atoms with Crippen LogP contribution in [0.2, 0.25) is 0 Å². The lowest BCUT2D eigenvalue weighted by Gasteiger charge is -2.08. The Kier molecular flexibility index (Phi) is 7.03. The maximum absolute atomic E-state index is 13.1. The highest BCUT2D eigenvalue weighted by atomic mass is 79.9. The fraction of sp³-hybridized carbons (Fsp3) is 0.417. The predicted octanol–water partition coefficient (Wildman–Crippen LogP) is 2.43. The Morgan fingerprint density at radius 3 is 2.76 bits per heavy atom. The fourth-order valence-electron chi connectivity index (χ4n) is 1.64. The van der Waals surface area contributed by atoms with Gasteiger partial charge >= 0.3 is 5.69 Å². The minimum absolute atomic E-state index is 0.00102. The molecule has 0 saturated heterocycles. The van der Waals surface area contributed by atoms with E-state index in [1.807, 2.05) is 5.43 Å². The van der Waals surface area contributed by atoms with Crippen LogP contribution in [0.1, 0.15) is 25.7 Å². The molecule has 0 spiro atoms. The maximum atomic E-state index is 13.1. The smallest absolute Gasteiger partial charge is 0.315 e. The van der Waals surface area contributed by atoms with Gasteiger partial charge in [0.2, 0.25) is 11.7 Å². The highest BCUT2D eigenvalue weighted by Crippen LogP contribution is 2.36. The number of carbonyl (C=O) groups excluding carboxylic acids is 1. The zero-order valence-corrected chi connectivity index (χ0v) is 12.7. The number of ether oxygens (including phenoxy) is 1. The van der Waals surface area contributed by atoms with Crippen molar-refractivity contribution < 1.29 is 18.8 Å². The van der Waals surface area contributed by atoms with Crippen molar-refractivity contribution in [3.05, 3.63) is 32.5 Å². The highest BCUT2D eigenvalue weighted by Gasteiger charge is 2.20. The van der Waals surface area contributed by atoms with Crippen LogP contribution in [0.5, 0.6) is 5.75 Å². The summed E-state index contributed by atoms with van der Waals surface area (Å²) in [7, 11) is 0. The molecule has 0 aliphatic rings. The molecule has 1 amide bonds. The van der Waals surface area contributed by atoms with E-state index in [0.29, 0.717) is 25.7 Å². The van der Waals surface area contributed by atoms with Gasteiger partial charge in [-0.25, -0.2) is 10.2 Å². The zero-order valence-electron chi connectivity index (χ0n) is 11.1. The molecule has 0 heterocycles. The van der Waals surface area contributed by atoms with E-state index in [-0.39, 0.29) is 22.7 Å². The number of nitrogens with two attached hydrogens (primary N) is 1. The first kappa shape index (κ1) is 17.3. The third kappa shape index (κ3) is 5.64. The van der Waals surface area contributed by atoms with Crippen LogP contribution < -0.4 is 16.0 Å². The molecule has 1 aromatic rings. The number of halogens is 2. The second-order valence-electron chi connectivity index (χ2n) is 4.22. The van der Waals surface area contributed by atoms with E-state index in [0.717, 1.165) is 12.1 Å². The number of hydrogen-bond donors (Lipinski definition) is 2. The molecule has 9 heteroatoms. The summed E-state index contributed by atoms with van der Waals surface area (Å²) in [6.07, 6.45) is 2.27. The number of nitrogens with one attached hydrogen (secondary N) is 1. The van der Waals surface area contributed by atoms with Gasteiger partial charge in [0.25, 0.3) is 0 Å². The summed E-state index contributed by atoms with van der Waals surface area (Å²) < 4.78 is 18.7. The third-order valence-corrected chi connectivity index (χ3v) is 3.23. The number of amides is 1. The second kappa shape index (κ2) is 8.53. The van der Waals surface area contributed by atoms with Crippen molar-refractivity contribution in [2.75, 3.05) is 6.61 Å². The van der Waals surface area contributed by atoms with Gasteiger partial charge in [-0.3, -0.25) is 20.3 Å². The van der Waals surface area contributed by atoms with Crippen LogP contribution in [-0.2, 0) is 4.79 Å². The lowest BCUT2D eigenvalue weighted by molar-refractivity contribution is -0.386. The van der Waals surface area contributed by atoms with Gasteiger partial charge in [0.05, 0.1) is 22.1 Å². The average molecular weight is 364 g/mol. The van der Waals surface area contributed by atoms with Gasteiger partial charge in [-0.05, 0) is 41.3 Å². The summed E-state index contributed by atoms with van der Waals surface area (Å²) in [5.74, 6) is 3.98. The third-order valence-electron chi connectivity index (χ3n) is 2.64. The Balaban J connectivity index is 2.48. The molecule has 21 heavy (non-hydrogen) atoms. The Morgan fingerprint density at radius 2 is 2.14 bits per heavy atom. The number of benzene rings is 1. The summed E-state index contributed by atoms with van der Waals surface area (Å²) in [4.78, 5) is 21.0. The first-order valence-electron chi connectivity index (χ1n) is 6.21. The van der Waals surface area contributed by atoms with Crippen LogP contribution >= 0.6 is 15.9 Å². The molecule has 1 rings (SSSR count). The van der Waals surface area contributed by atoms with E-state index in [1.165, 1.54) is 0 Å². The maximum Gasteiger partial charge on any atom is 0.315 e. The average Bonchev–Trinajstić information content (AvgIpc) is 2.43. The van der Waals surface area contributed by atoms with Crippen molar-refractivity contribution >= 4 is 27.5 Å². The van der Waals surface area contributed by atoms with Gasteiger partial charge < -0.3 is 4.74 Å². The number of nitro groups is 1. The normalized spacial score (nSPS) is 10.2. The van der Waals surface area contributed by atoms with Crippen molar-refractivity contribution in [2.45, 2.75) is 25.7 Å². The van der Waals surface area contributed by atoms with Crippen LogP contribution in [0.15, 0.2) is 16.6 Å². The summed E-state index contributed by atoms with van der Waals surface area (Å²) in [5.41, 5.74) is 1.60. The first-order chi connectivity index (χ1) is 9.95. The number of nitrogens with zero attached hydrogens (tertiary/aromatic N) is 1. The molecular formula is C12H15BrFN3O4. The largest absolute Gasteiger partial charge is 0.486 e.